The van der Waals surface area contributed by atoms with E-state index in [0.29, 0.717) is 5.57 Å². The third-order valence-electron chi connectivity index (χ3n) is 4.72. The molecule has 1 aromatic carbocycles. The van der Waals surface area contributed by atoms with Crippen LogP contribution in [0.1, 0.15) is 39.3 Å². The van der Waals surface area contributed by atoms with Crippen LogP contribution in [0.25, 0.3) is 0 Å². The Morgan fingerprint density at radius 3 is 2.00 bits per heavy atom. The molecular formula is C23H31FN2O. The first-order chi connectivity index (χ1) is 12.9. The summed E-state index contributed by atoms with van der Waals surface area (Å²) in [5.74, 6) is -0.406. The van der Waals surface area contributed by atoms with E-state index in [1.165, 1.54) is 12.1 Å². The van der Waals surface area contributed by atoms with Crippen molar-refractivity contribution < 1.29 is 9.18 Å². The molecule has 1 aliphatic heterocycles. The number of amides is 1. The molecule has 1 heterocycles. The zero-order valence-electron chi connectivity index (χ0n) is 17.3. The Labute approximate surface area is 163 Å². The van der Waals surface area contributed by atoms with E-state index < -0.39 is 0 Å². The average molecular weight is 371 g/mol. The molecule has 2 atom stereocenters. The molecule has 1 aromatic rings. The van der Waals surface area contributed by atoms with Gasteiger partial charge in [0.25, 0.3) is 5.91 Å². The van der Waals surface area contributed by atoms with E-state index in [2.05, 4.69) is 13.2 Å². The summed E-state index contributed by atoms with van der Waals surface area (Å²) in [6.45, 7) is 15.6. The smallest absolute Gasteiger partial charge is 0.259 e. The molecule has 0 bridgehead atoms. The molecule has 0 saturated heterocycles. The fourth-order valence-electron chi connectivity index (χ4n) is 3.19. The SMILES string of the molecule is C=CC1=C(C=C)/C(=C\C)N(C(c2ccc(F)cc2)C(C)N(C)C)C1=O.CC. The number of benzene rings is 1. The Bertz CT molecular complexity index is 744. The second-order valence-electron chi connectivity index (χ2n) is 6.29. The first-order valence-electron chi connectivity index (χ1n) is 9.28. The Morgan fingerprint density at radius 1 is 1.07 bits per heavy atom. The molecule has 3 nitrogen and oxygen atoms in total. The first kappa shape index (κ1) is 22.6. The molecule has 2 unspecified atom stereocenters. The van der Waals surface area contributed by atoms with E-state index in [1.807, 2.05) is 52.8 Å². The van der Waals surface area contributed by atoms with Crippen molar-refractivity contribution in [3.63, 3.8) is 0 Å². The van der Waals surface area contributed by atoms with Crippen molar-refractivity contribution in [2.45, 2.75) is 39.8 Å². The minimum Gasteiger partial charge on any atom is -0.304 e. The number of carbonyl (C=O) groups is 1. The Balaban J connectivity index is 0.00000176. The molecular weight excluding hydrogens is 339 g/mol. The van der Waals surface area contributed by atoms with E-state index in [-0.39, 0.29) is 23.8 Å². The highest BCUT2D eigenvalue weighted by atomic mass is 19.1. The van der Waals surface area contributed by atoms with Gasteiger partial charge in [-0.2, -0.15) is 0 Å². The maximum atomic E-state index is 13.4. The van der Waals surface area contributed by atoms with Crippen molar-refractivity contribution in [2.24, 2.45) is 0 Å². The van der Waals surface area contributed by atoms with Crippen LogP contribution in [0, 0.1) is 5.82 Å². The second-order valence-corrected chi connectivity index (χ2v) is 6.29. The number of halogens is 1. The van der Waals surface area contributed by atoms with Gasteiger partial charge in [-0.05, 0) is 45.6 Å². The van der Waals surface area contributed by atoms with Crippen LogP contribution in [0.3, 0.4) is 0 Å². The summed E-state index contributed by atoms with van der Waals surface area (Å²) < 4.78 is 13.4. The zero-order valence-corrected chi connectivity index (χ0v) is 17.3. The van der Waals surface area contributed by atoms with Crippen LogP contribution in [0.4, 0.5) is 4.39 Å². The van der Waals surface area contributed by atoms with Crippen LogP contribution < -0.4 is 0 Å². The molecule has 1 amide bonds. The molecule has 0 saturated carbocycles. The van der Waals surface area contributed by atoms with Gasteiger partial charge >= 0.3 is 0 Å². The van der Waals surface area contributed by atoms with Crippen molar-refractivity contribution in [3.8, 4) is 0 Å². The highest BCUT2D eigenvalue weighted by Crippen LogP contribution is 2.40. The summed E-state index contributed by atoms with van der Waals surface area (Å²) in [7, 11) is 3.93. The Morgan fingerprint density at radius 2 is 1.59 bits per heavy atom. The molecule has 0 fully saturated rings. The third kappa shape index (κ3) is 4.45. The summed E-state index contributed by atoms with van der Waals surface area (Å²) >= 11 is 0. The lowest BCUT2D eigenvalue weighted by Gasteiger charge is -2.37. The quantitative estimate of drug-likeness (QED) is 0.682. The number of hydrogen-bond donors (Lipinski definition) is 0. The van der Waals surface area contributed by atoms with Gasteiger partial charge in [0.15, 0.2) is 0 Å². The minimum absolute atomic E-state index is 0.0135. The number of carbonyl (C=O) groups excluding carboxylic acids is 1. The number of hydrogen-bond acceptors (Lipinski definition) is 2. The number of allylic oxidation sites excluding steroid dienone is 2. The van der Waals surface area contributed by atoms with Gasteiger partial charge in [-0.15, -0.1) is 0 Å². The maximum absolute atomic E-state index is 13.4. The maximum Gasteiger partial charge on any atom is 0.259 e. The molecule has 0 aliphatic carbocycles. The Hall–Kier alpha value is -2.46. The van der Waals surface area contributed by atoms with Gasteiger partial charge in [-0.1, -0.05) is 57.4 Å². The van der Waals surface area contributed by atoms with Crippen molar-refractivity contribution >= 4 is 5.91 Å². The molecule has 1 aliphatic rings. The zero-order chi connectivity index (χ0) is 20.7. The summed E-state index contributed by atoms with van der Waals surface area (Å²) in [5.41, 5.74) is 3.00. The van der Waals surface area contributed by atoms with Crippen molar-refractivity contribution in [3.05, 3.63) is 83.9 Å². The second kappa shape index (κ2) is 10.0. The number of nitrogens with zero attached hydrogens (tertiary/aromatic N) is 2. The predicted molar refractivity (Wildman–Crippen MR) is 112 cm³/mol. The molecule has 146 valence electrons. The van der Waals surface area contributed by atoms with Gasteiger partial charge in [-0.3, -0.25) is 9.69 Å². The van der Waals surface area contributed by atoms with Gasteiger partial charge in [0.05, 0.1) is 6.04 Å². The van der Waals surface area contributed by atoms with E-state index in [0.717, 1.165) is 16.8 Å². The monoisotopic (exact) mass is 370 g/mol. The van der Waals surface area contributed by atoms with Gasteiger partial charge in [0.1, 0.15) is 5.82 Å². The summed E-state index contributed by atoms with van der Waals surface area (Å²) in [5, 5.41) is 0. The van der Waals surface area contributed by atoms with Crippen LogP contribution in [0.15, 0.2) is 72.5 Å². The topological polar surface area (TPSA) is 23.6 Å². The first-order valence-corrected chi connectivity index (χ1v) is 9.28. The van der Waals surface area contributed by atoms with Gasteiger partial charge in [-0.25, -0.2) is 4.39 Å². The van der Waals surface area contributed by atoms with E-state index >= 15 is 0 Å². The van der Waals surface area contributed by atoms with Crippen LogP contribution in [-0.2, 0) is 4.79 Å². The average Bonchev–Trinajstić information content (AvgIpc) is 2.95. The molecule has 2 rings (SSSR count). The van der Waals surface area contributed by atoms with Crippen molar-refractivity contribution in [1.82, 2.24) is 9.80 Å². The standard InChI is InChI=1S/C21H25FN2O.C2H6/c1-7-17-18(8-2)21(25)24(19(17)9-3)20(14(4)23(5)6)15-10-12-16(22)13-11-15;1-2/h7-14,20H,1-2H2,3-6H3;1-2H3/b19-9+;. The van der Waals surface area contributed by atoms with Gasteiger partial charge in [0, 0.05) is 22.9 Å². The number of rotatable bonds is 6. The minimum atomic E-state index is -0.296. The predicted octanol–water partition coefficient (Wildman–Crippen LogP) is 5.26. The summed E-state index contributed by atoms with van der Waals surface area (Å²) in [4.78, 5) is 16.9. The Kier molecular flexibility index (Phi) is 8.38. The lowest BCUT2D eigenvalue weighted by molar-refractivity contribution is -0.126. The van der Waals surface area contributed by atoms with Crippen LogP contribution in [0.2, 0.25) is 0 Å². The van der Waals surface area contributed by atoms with Crippen molar-refractivity contribution in [2.75, 3.05) is 14.1 Å². The summed E-state index contributed by atoms with van der Waals surface area (Å²) in [6.07, 6.45) is 5.17. The third-order valence-corrected chi connectivity index (χ3v) is 4.72. The molecule has 27 heavy (non-hydrogen) atoms. The van der Waals surface area contributed by atoms with E-state index in [9.17, 15) is 9.18 Å². The van der Waals surface area contributed by atoms with Gasteiger partial charge in [0.2, 0.25) is 0 Å². The van der Waals surface area contributed by atoms with Crippen LogP contribution in [-0.4, -0.2) is 35.8 Å². The van der Waals surface area contributed by atoms with Crippen LogP contribution in [0.5, 0.6) is 0 Å². The lowest BCUT2D eigenvalue weighted by Crippen LogP contribution is -2.42. The van der Waals surface area contributed by atoms with Gasteiger partial charge < -0.3 is 4.90 Å². The molecule has 0 radical (unpaired) electrons. The molecule has 0 aromatic heterocycles. The fraction of sp³-hybridized carbons (Fsp3) is 0.348. The highest BCUT2D eigenvalue weighted by molar-refractivity contribution is 6.03. The number of likely N-dealkylation sites (N-methyl/N-ethyl adjacent to an activating group) is 1. The molecule has 0 spiro atoms. The lowest BCUT2D eigenvalue weighted by atomic mass is 9.97. The van der Waals surface area contributed by atoms with Crippen LogP contribution >= 0.6 is 0 Å². The molecule has 0 N–H and O–H groups in total. The van der Waals surface area contributed by atoms with E-state index in [1.54, 1.807) is 29.2 Å². The normalized spacial score (nSPS) is 17.7. The summed E-state index contributed by atoms with van der Waals surface area (Å²) in [6, 6.07) is 6.08. The largest absolute Gasteiger partial charge is 0.304 e. The van der Waals surface area contributed by atoms with Crippen molar-refractivity contribution in [1.29, 1.82) is 0 Å². The molecule has 4 heteroatoms. The highest BCUT2D eigenvalue weighted by Gasteiger charge is 2.39. The fourth-order valence-corrected chi connectivity index (χ4v) is 3.19. The van der Waals surface area contributed by atoms with E-state index in [4.69, 9.17) is 0 Å².